The second-order valence-electron chi connectivity index (χ2n) is 14.7. The molecule has 0 N–H and O–H groups in total. The molecule has 0 aliphatic rings. The average molecular weight is 750 g/mol. The highest BCUT2D eigenvalue weighted by Crippen LogP contribution is 2.45. The lowest BCUT2D eigenvalue weighted by atomic mass is 9.86. The molecule has 0 fully saturated rings. The van der Waals surface area contributed by atoms with E-state index in [-0.39, 0.29) is 0 Å². The maximum atomic E-state index is 5.46. The molecule has 3 heterocycles. The van der Waals surface area contributed by atoms with Crippen molar-refractivity contribution in [2.24, 2.45) is 0 Å². The second kappa shape index (κ2) is 16.6. The van der Waals surface area contributed by atoms with Crippen LogP contribution in [0.15, 0.2) is 177 Å². The van der Waals surface area contributed by atoms with Gasteiger partial charge in [-0.15, -0.1) is 0 Å². The Morgan fingerprint density at radius 2 is 1.21 bits per heavy atom. The fourth-order valence-electron chi connectivity index (χ4n) is 8.30. The number of allylic oxidation sites excluding steroid dienone is 9. The monoisotopic (exact) mass is 749 g/mol. The molecule has 0 saturated heterocycles. The van der Waals surface area contributed by atoms with Gasteiger partial charge in [0, 0.05) is 73.1 Å². The van der Waals surface area contributed by atoms with Gasteiger partial charge < -0.3 is 0 Å². The van der Waals surface area contributed by atoms with Crippen LogP contribution in [0.2, 0.25) is 0 Å². The molecule has 5 aromatic carbocycles. The van der Waals surface area contributed by atoms with Gasteiger partial charge in [-0.25, -0.2) is 0 Å². The zero-order valence-electron chi connectivity index (χ0n) is 33.9. The highest BCUT2D eigenvalue weighted by atomic mass is 14.7. The lowest BCUT2D eigenvalue weighted by Crippen LogP contribution is -2.00. The first kappa shape index (κ1) is 37.9. The van der Waals surface area contributed by atoms with Crippen molar-refractivity contribution < 1.29 is 0 Å². The number of benzene rings is 5. The Hall–Kier alpha value is -6.97. The molecular weight excluding hydrogens is 703 g/mol. The number of nitrogens with zero attached hydrogens (tertiary/aromatic N) is 3. The summed E-state index contributed by atoms with van der Waals surface area (Å²) >= 11 is 0. The smallest absolute Gasteiger partial charge is 0.0791 e. The van der Waals surface area contributed by atoms with Crippen molar-refractivity contribution in [3.05, 3.63) is 199 Å². The summed E-state index contributed by atoms with van der Waals surface area (Å²) in [6, 6.07) is 41.3. The van der Waals surface area contributed by atoms with E-state index in [1.165, 1.54) is 11.1 Å². The van der Waals surface area contributed by atoms with Gasteiger partial charge in [-0.05, 0) is 91.3 Å². The van der Waals surface area contributed by atoms with Crippen LogP contribution < -0.4 is 0 Å². The molecule has 8 rings (SSSR count). The van der Waals surface area contributed by atoms with E-state index in [1.54, 1.807) is 0 Å². The molecule has 0 radical (unpaired) electrons. The van der Waals surface area contributed by atoms with Crippen LogP contribution >= 0.6 is 0 Å². The molecule has 0 aliphatic carbocycles. The summed E-state index contributed by atoms with van der Waals surface area (Å²) in [7, 11) is 0. The quantitative estimate of drug-likeness (QED) is 0.103. The third kappa shape index (κ3) is 7.12. The van der Waals surface area contributed by atoms with Crippen molar-refractivity contribution in [3.8, 4) is 44.5 Å². The lowest BCUT2D eigenvalue weighted by molar-refractivity contribution is 1.21. The first-order valence-corrected chi connectivity index (χ1v) is 20.1. The number of aromatic nitrogens is 3. The van der Waals surface area contributed by atoms with Gasteiger partial charge in [-0.1, -0.05) is 153 Å². The molecule has 3 nitrogen and oxygen atoms in total. The van der Waals surface area contributed by atoms with Crippen LogP contribution in [0.3, 0.4) is 0 Å². The molecule has 0 unspecified atom stereocenters. The van der Waals surface area contributed by atoms with Crippen LogP contribution in [0.1, 0.15) is 49.7 Å². The number of hydrogen-bond acceptors (Lipinski definition) is 3. The zero-order chi connectivity index (χ0) is 40.2. The summed E-state index contributed by atoms with van der Waals surface area (Å²) in [5, 5.41) is 4.37. The first-order valence-electron chi connectivity index (χ1n) is 20.1. The molecule has 58 heavy (non-hydrogen) atoms. The summed E-state index contributed by atoms with van der Waals surface area (Å²) in [6.45, 7) is 15.0. The van der Waals surface area contributed by atoms with Gasteiger partial charge in [0.05, 0.1) is 11.0 Å². The molecule has 3 heteroatoms. The number of fused-ring (bicyclic) bond motifs is 5. The predicted octanol–water partition coefficient (Wildman–Crippen LogP) is 15.1. The van der Waals surface area contributed by atoms with Crippen LogP contribution in [0.4, 0.5) is 0 Å². The first-order chi connectivity index (χ1) is 28.4. The fourth-order valence-corrected chi connectivity index (χ4v) is 8.30. The Bertz CT molecular complexity index is 2960. The summed E-state index contributed by atoms with van der Waals surface area (Å²) in [5.74, 6) is 0. The Kier molecular flexibility index (Phi) is 10.9. The summed E-state index contributed by atoms with van der Waals surface area (Å²) < 4.78 is 0. The topological polar surface area (TPSA) is 38.7 Å². The van der Waals surface area contributed by atoms with Crippen molar-refractivity contribution >= 4 is 43.7 Å². The van der Waals surface area contributed by atoms with Crippen LogP contribution in [-0.2, 0) is 0 Å². The number of rotatable bonds is 10. The molecule has 0 aliphatic heterocycles. The maximum absolute atomic E-state index is 5.46. The van der Waals surface area contributed by atoms with E-state index in [2.05, 4.69) is 173 Å². The Balaban J connectivity index is 1.43. The third-order valence-electron chi connectivity index (χ3n) is 10.9. The second-order valence-corrected chi connectivity index (χ2v) is 14.7. The van der Waals surface area contributed by atoms with E-state index >= 15 is 0 Å². The zero-order valence-corrected chi connectivity index (χ0v) is 33.9. The summed E-state index contributed by atoms with van der Waals surface area (Å²) in [5.41, 5.74) is 17.4. The van der Waals surface area contributed by atoms with Crippen molar-refractivity contribution in [1.82, 2.24) is 15.0 Å². The average Bonchev–Trinajstić information content (AvgIpc) is 3.26. The van der Waals surface area contributed by atoms with Crippen LogP contribution in [-0.4, -0.2) is 15.0 Å². The minimum absolute atomic E-state index is 0.915. The van der Waals surface area contributed by atoms with Gasteiger partial charge in [0.1, 0.15) is 0 Å². The molecule has 8 aromatic rings. The van der Waals surface area contributed by atoms with E-state index in [4.69, 9.17) is 9.97 Å². The molecule has 0 atom stereocenters. The summed E-state index contributed by atoms with van der Waals surface area (Å²) in [4.78, 5) is 15.3. The minimum atomic E-state index is 0.915. The van der Waals surface area contributed by atoms with Gasteiger partial charge in [0.15, 0.2) is 0 Å². The van der Waals surface area contributed by atoms with Crippen LogP contribution in [0.25, 0.3) is 88.2 Å². The largest absolute Gasteiger partial charge is 0.264 e. The number of hydrogen-bond donors (Lipinski definition) is 0. The fraction of sp³-hybridized carbons (Fsp3) is 0.109. The van der Waals surface area contributed by atoms with E-state index in [1.807, 2.05) is 43.6 Å². The van der Waals surface area contributed by atoms with Gasteiger partial charge in [0.25, 0.3) is 0 Å². The lowest BCUT2D eigenvalue weighted by Gasteiger charge is -2.20. The maximum Gasteiger partial charge on any atom is 0.0791 e. The van der Waals surface area contributed by atoms with Crippen molar-refractivity contribution in [2.75, 3.05) is 0 Å². The SMILES string of the molecule is C=C(C=CC=CC)c1cccc(-c2c(-c3ccccc3)c(C)nc3c2ccc2c3ccc3c(-c4cccc(-c5cccnc5)c4)c(C(C=CC)=CCC)c(C)nc32)c1. The number of pyridine rings is 3. The normalized spacial score (nSPS) is 12.3. The predicted molar refractivity (Wildman–Crippen MR) is 250 cm³/mol. The Morgan fingerprint density at radius 3 is 1.90 bits per heavy atom. The Labute approximate surface area is 342 Å². The van der Waals surface area contributed by atoms with Gasteiger partial charge in [0.2, 0.25) is 0 Å². The standard InChI is InChI=1S/C55H47N3/c1-7-10-12-20-36(4)41-23-15-25-43(33-41)52-48-30-28-47-46(54(48)58-38(6)51(52)40-21-13-11-14-22-40)29-31-49-53(44-26-16-24-42(34-44)45-27-17-32-56-35-45)50(37(5)57-55(47)49)39(18-8-2)19-9-3/h7-8,10-35H,4,9H2,1-3,5-6H3. The van der Waals surface area contributed by atoms with Gasteiger partial charge in [-0.3, -0.25) is 15.0 Å². The molecular formula is C55H47N3. The van der Waals surface area contributed by atoms with Crippen molar-refractivity contribution in [3.63, 3.8) is 0 Å². The number of aryl methyl sites for hydroxylation is 2. The molecule has 0 amide bonds. The van der Waals surface area contributed by atoms with Gasteiger partial charge >= 0.3 is 0 Å². The highest BCUT2D eigenvalue weighted by molar-refractivity contribution is 6.21. The van der Waals surface area contributed by atoms with Crippen molar-refractivity contribution in [2.45, 2.75) is 41.0 Å². The van der Waals surface area contributed by atoms with E-state index in [0.717, 1.165) is 106 Å². The summed E-state index contributed by atoms with van der Waals surface area (Å²) in [6.07, 6.45) is 19.5. The Morgan fingerprint density at radius 1 is 0.569 bits per heavy atom. The van der Waals surface area contributed by atoms with Crippen molar-refractivity contribution in [1.29, 1.82) is 0 Å². The van der Waals surface area contributed by atoms with Gasteiger partial charge in [-0.2, -0.15) is 0 Å². The molecule has 0 saturated carbocycles. The van der Waals surface area contributed by atoms with E-state index < -0.39 is 0 Å². The molecule has 0 bridgehead atoms. The van der Waals surface area contributed by atoms with Crippen LogP contribution in [0, 0.1) is 13.8 Å². The van der Waals surface area contributed by atoms with Crippen LogP contribution in [0.5, 0.6) is 0 Å². The van der Waals surface area contributed by atoms with E-state index in [0.29, 0.717) is 0 Å². The molecule has 282 valence electrons. The molecule has 0 spiro atoms. The van der Waals surface area contributed by atoms with E-state index in [9.17, 15) is 0 Å². The molecule has 3 aromatic heterocycles. The minimum Gasteiger partial charge on any atom is -0.264 e. The highest BCUT2D eigenvalue weighted by Gasteiger charge is 2.22. The third-order valence-corrected chi connectivity index (χ3v) is 10.9.